The van der Waals surface area contributed by atoms with Crippen LogP contribution in [0.4, 0.5) is 0 Å². The smallest absolute Gasteiger partial charge is 0.250 e. The van der Waals surface area contributed by atoms with Gasteiger partial charge < -0.3 is 9.47 Å². The minimum Gasteiger partial charge on any atom is -0.490 e. The van der Waals surface area contributed by atoms with Crippen molar-refractivity contribution in [2.24, 2.45) is 5.10 Å². The normalized spacial score (nSPS) is 10.6. The number of rotatable bonds is 10. The molecule has 0 bridgehead atoms. The maximum absolute atomic E-state index is 11.9. The maximum atomic E-state index is 11.9. The average Bonchev–Trinajstić information content (AvgIpc) is 2.67. The Balaban J connectivity index is 1.88. The van der Waals surface area contributed by atoms with E-state index in [0.29, 0.717) is 30.5 Å². The van der Waals surface area contributed by atoms with Crippen molar-refractivity contribution in [3.8, 4) is 11.5 Å². The fourth-order valence-corrected chi connectivity index (χ4v) is 2.83. The van der Waals surface area contributed by atoms with Crippen molar-refractivity contribution in [3.63, 3.8) is 0 Å². The molecular formula is C21H24N2O3S. The molecule has 0 fully saturated rings. The summed E-state index contributed by atoms with van der Waals surface area (Å²) in [5.74, 6) is 1.42. The van der Waals surface area contributed by atoms with E-state index in [1.807, 2.05) is 56.3 Å². The summed E-state index contributed by atoms with van der Waals surface area (Å²) in [6, 6.07) is 13.5. The Labute approximate surface area is 164 Å². The van der Waals surface area contributed by atoms with Crippen molar-refractivity contribution < 1.29 is 14.3 Å². The van der Waals surface area contributed by atoms with Crippen LogP contribution in [0.15, 0.2) is 65.1 Å². The lowest BCUT2D eigenvalue weighted by atomic mass is 10.2. The summed E-state index contributed by atoms with van der Waals surface area (Å²) in [6.45, 7) is 8.51. The van der Waals surface area contributed by atoms with Gasteiger partial charge in [0, 0.05) is 4.90 Å². The third kappa shape index (κ3) is 7.19. The van der Waals surface area contributed by atoms with Crippen LogP contribution in [0.5, 0.6) is 11.5 Å². The highest BCUT2D eigenvalue weighted by molar-refractivity contribution is 8.00. The molecule has 0 heterocycles. The molecule has 1 N–H and O–H groups in total. The molecule has 0 radical (unpaired) electrons. The van der Waals surface area contributed by atoms with Crippen LogP contribution in [0, 0.1) is 6.92 Å². The van der Waals surface area contributed by atoms with Gasteiger partial charge in [-0.15, -0.1) is 11.8 Å². The lowest BCUT2D eigenvalue weighted by Gasteiger charge is -2.11. The number of amides is 1. The van der Waals surface area contributed by atoms with Gasteiger partial charge in [0.2, 0.25) is 5.91 Å². The van der Waals surface area contributed by atoms with Gasteiger partial charge in [0.05, 0.1) is 18.6 Å². The summed E-state index contributed by atoms with van der Waals surface area (Å²) in [7, 11) is 0. The van der Waals surface area contributed by atoms with Crippen LogP contribution < -0.4 is 14.9 Å². The highest BCUT2D eigenvalue weighted by atomic mass is 32.2. The fraction of sp³-hybridized carbons (Fsp3) is 0.238. The number of aryl methyl sites for hydroxylation is 1. The van der Waals surface area contributed by atoms with Gasteiger partial charge in [-0.25, -0.2) is 5.43 Å². The SMILES string of the molecule is C=CCOc1ccc(/C=N\NC(=O)CSc2ccc(C)cc2)cc1OCC. The second kappa shape index (κ2) is 11.1. The van der Waals surface area contributed by atoms with Gasteiger partial charge in [0.25, 0.3) is 0 Å². The van der Waals surface area contributed by atoms with E-state index in [2.05, 4.69) is 17.1 Å². The van der Waals surface area contributed by atoms with Crippen LogP contribution in [0.1, 0.15) is 18.1 Å². The number of nitrogens with zero attached hydrogens (tertiary/aromatic N) is 1. The Hall–Kier alpha value is -2.73. The second-order valence-corrected chi connectivity index (χ2v) is 6.68. The number of nitrogens with one attached hydrogen (secondary N) is 1. The monoisotopic (exact) mass is 384 g/mol. The number of hydrogen-bond acceptors (Lipinski definition) is 5. The summed E-state index contributed by atoms with van der Waals surface area (Å²) in [4.78, 5) is 13.0. The molecule has 142 valence electrons. The highest BCUT2D eigenvalue weighted by Crippen LogP contribution is 2.28. The van der Waals surface area contributed by atoms with Gasteiger partial charge in [0.15, 0.2) is 11.5 Å². The summed E-state index contributed by atoms with van der Waals surface area (Å²) >= 11 is 1.47. The van der Waals surface area contributed by atoms with E-state index in [1.54, 1.807) is 12.3 Å². The molecule has 0 saturated carbocycles. The first-order chi connectivity index (χ1) is 13.1. The van der Waals surface area contributed by atoms with E-state index in [1.165, 1.54) is 17.3 Å². The van der Waals surface area contributed by atoms with Crippen LogP contribution >= 0.6 is 11.8 Å². The Morgan fingerprint density at radius 1 is 1.19 bits per heavy atom. The first-order valence-corrected chi connectivity index (χ1v) is 9.63. The lowest BCUT2D eigenvalue weighted by Crippen LogP contribution is -2.19. The number of thioether (sulfide) groups is 1. The quantitative estimate of drug-likeness (QED) is 0.289. The van der Waals surface area contributed by atoms with Crippen molar-refractivity contribution in [2.45, 2.75) is 18.7 Å². The highest BCUT2D eigenvalue weighted by Gasteiger charge is 2.06. The molecule has 0 aliphatic carbocycles. The average molecular weight is 385 g/mol. The summed E-state index contributed by atoms with van der Waals surface area (Å²) < 4.78 is 11.1. The fourth-order valence-electron chi connectivity index (χ4n) is 2.14. The molecule has 0 atom stereocenters. The molecule has 2 aromatic carbocycles. The van der Waals surface area contributed by atoms with E-state index >= 15 is 0 Å². The molecule has 2 aromatic rings. The molecule has 0 aliphatic rings. The molecule has 0 unspecified atom stereocenters. The Morgan fingerprint density at radius 2 is 1.96 bits per heavy atom. The molecule has 0 spiro atoms. The van der Waals surface area contributed by atoms with Crippen molar-refractivity contribution in [1.29, 1.82) is 0 Å². The van der Waals surface area contributed by atoms with E-state index in [-0.39, 0.29) is 5.91 Å². The number of benzene rings is 2. The predicted molar refractivity (Wildman–Crippen MR) is 111 cm³/mol. The first kappa shape index (κ1) is 20.6. The van der Waals surface area contributed by atoms with Crippen LogP contribution in [0.3, 0.4) is 0 Å². The second-order valence-electron chi connectivity index (χ2n) is 5.63. The van der Waals surface area contributed by atoms with E-state index in [4.69, 9.17) is 9.47 Å². The van der Waals surface area contributed by atoms with Crippen molar-refractivity contribution in [3.05, 3.63) is 66.2 Å². The molecule has 27 heavy (non-hydrogen) atoms. The molecule has 0 aromatic heterocycles. The minimum absolute atomic E-state index is 0.159. The number of carbonyl (C=O) groups is 1. The molecule has 0 saturated heterocycles. The number of carbonyl (C=O) groups excluding carboxylic acids is 1. The standard InChI is InChI=1S/C21H24N2O3S/c1-4-12-26-19-11-8-17(13-20(19)25-5-2)14-22-23-21(24)15-27-18-9-6-16(3)7-10-18/h4,6-11,13-14H,1,5,12,15H2,2-3H3,(H,23,24)/b22-14-. The summed E-state index contributed by atoms with van der Waals surface area (Å²) in [6.07, 6.45) is 3.25. The summed E-state index contributed by atoms with van der Waals surface area (Å²) in [5, 5.41) is 4.01. The van der Waals surface area contributed by atoms with Crippen LogP contribution in [-0.4, -0.2) is 31.1 Å². The first-order valence-electron chi connectivity index (χ1n) is 8.64. The van der Waals surface area contributed by atoms with Gasteiger partial charge in [-0.2, -0.15) is 5.10 Å². The topological polar surface area (TPSA) is 59.9 Å². The van der Waals surface area contributed by atoms with Crippen LogP contribution in [0.25, 0.3) is 0 Å². The van der Waals surface area contributed by atoms with E-state index in [9.17, 15) is 4.79 Å². The molecule has 6 heteroatoms. The van der Waals surface area contributed by atoms with E-state index < -0.39 is 0 Å². The molecule has 1 amide bonds. The zero-order chi connectivity index (χ0) is 19.5. The van der Waals surface area contributed by atoms with E-state index in [0.717, 1.165) is 10.5 Å². The largest absolute Gasteiger partial charge is 0.490 e. The summed E-state index contributed by atoms with van der Waals surface area (Å²) in [5.41, 5.74) is 4.53. The third-order valence-electron chi connectivity index (χ3n) is 3.42. The predicted octanol–water partition coefficient (Wildman–Crippen LogP) is 4.20. The Kier molecular flexibility index (Phi) is 8.45. The minimum atomic E-state index is -0.159. The van der Waals surface area contributed by atoms with Gasteiger partial charge >= 0.3 is 0 Å². The third-order valence-corrected chi connectivity index (χ3v) is 4.43. The Morgan fingerprint density at radius 3 is 2.67 bits per heavy atom. The van der Waals surface area contributed by atoms with Crippen LogP contribution in [0.2, 0.25) is 0 Å². The molecule has 5 nitrogen and oxygen atoms in total. The number of hydrogen-bond donors (Lipinski definition) is 1. The van der Waals surface area contributed by atoms with Crippen molar-refractivity contribution >= 4 is 23.9 Å². The zero-order valence-corrected chi connectivity index (χ0v) is 16.4. The van der Waals surface area contributed by atoms with Gasteiger partial charge in [-0.05, 0) is 49.7 Å². The number of ether oxygens (including phenoxy) is 2. The van der Waals surface area contributed by atoms with Crippen molar-refractivity contribution in [1.82, 2.24) is 5.43 Å². The van der Waals surface area contributed by atoms with Gasteiger partial charge in [0.1, 0.15) is 6.61 Å². The zero-order valence-electron chi connectivity index (χ0n) is 15.6. The molecule has 0 aliphatic heterocycles. The van der Waals surface area contributed by atoms with Crippen molar-refractivity contribution in [2.75, 3.05) is 19.0 Å². The number of hydrazone groups is 1. The molecular weight excluding hydrogens is 360 g/mol. The van der Waals surface area contributed by atoms with Gasteiger partial charge in [-0.1, -0.05) is 30.4 Å². The maximum Gasteiger partial charge on any atom is 0.250 e. The lowest BCUT2D eigenvalue weighted by molar-refractivity contribution is -0.118. The Bertz CT molecular complexity index is 789. The van der Waals surface area contributed by atoms with Gasteiger partial charge in [-0.3, -0.25) is 4.79 Å². The van der Waals surface area contributed by atoms with Crippen LogP contribution in [-0.2, 0) is 4.79 Å². The molecule has 2 rings (SSSR count).